The third kappa shape index (κ3) is 2.79. The molecule has 6 nitrogen and oxygen atoms in total. The minimum absolute atomic E-state index is 0.0763. The number of para-hydroxylation sites is 1. The van der Waals surface area contributed by atoms with Crippen LogP contribution in [0.5, 0.6) is 5.75 Å². The number of carbonyl (C=O) groups excluding carboxylic acids is 1. The molecule has 0 saturated carbocycles. The van der Waals surface area contributed by atoms with Gasteiger partial charge in [0.2, 0.25) is 0 Å². The molecule has 2 aromatic heterocycles. The van der Waals surface area contributed by atoms with Crippen molar-refractivity contribution >= 4 is 32.6 Å². The standard InChI is InChI=1S/C16H17N3O3S/c1-8(2)14-12(9(3)19-22-14)15(20)18-16-17-13-10(21-4)6-5-7-11(13)23-16/h5-8H,1-4H3,(H,17,18,20). The number of hydrogen-bond acceptors (Lipinski definition) is 6. The summed E-state index contributed by atoms with van der Waals surface area (Å²) in [4.78, 5) is 17.0. The minimum Gasteiger partial charge on any atom is -0.494 e. The summed E-state index contributed by atoms with van der Waals surface area (Å²) in [7, 11) is 1.60. The van der Waals surface area contributed by atoms with Crippen LogP contribution in [-0.2, 0) is 0 Å². The second-order valence-electron chi connectivity index (χ2n) is 5.44. The zero-order valence-corrected chi connectivity index (χ0v) is 14.2. The molecule has 2 heterocycles. The highest BCUT2D eigenvalue weighted by Crippen LogP contribution is 2.32. The van der Waals surface area contributed by atoms with Gasteiger partial charge in [0.05, 0.1) is 17.5 Å². The molecule has 23 heavy (non-hydrogen) atoms. The van der Waals surface area contributed by atoms with E-state index in [1.165, 1.54) is 11.3 Å². The van der Waals surface area contributed by atoms with Gasteiger partial charge >= 0.3 is 0 Å². The number of aromatic nitrogens is 2. The smallest absolute Gasteiger partial charge is 0.262 e. The predicted molar refractivity (Wildman–Crippen MR) is 89.5 cm³/mol. The molecule has 0 aliphatic rings. The van der Waals surface area contributed by atoms with Crippen LogP contribution in [0.2, 0.25) is 0 Å². The summed E-state index contributed by atoms with van der Waals surface area (Å²) >= 11 is 1.40. The van der Waals surface area contributed by atoms with Gasteiger partial charge in [-0.1, -0.05) is 36.4 Å². The number of methoxy groups -OCH3 is 1. The third-order valence-electron chi connectivity index (χ3n) is 3.46. The molecule has 3 rings (SSSR count). The third-order valence-corrected chi connectivity index (χ3v) is 4.40. The van der Waals surface area contributed by atoms with Gasteiger partial charge in [-0.2, -0.15) is 0 Å². The van der Waals surface area contributed by atoms with Crippen molar-refractivity contribution in [1.82, 2.24) is 10.1 Å². The van der Waals surface area contributed by atoms with Crippen molar-refractivity contribution in [2.45, 2.75) is 26.7 Å². The van der Waals surface area contributed by atoms with Crippen LogP contribution in [0, 0.1) is 6.92 Å². The molecule has 0 fully saturated rings. The summed E-state index contributed by atoms with van der Waals surface area (Å²) in [5, 5.41) is 7.25. The number of ether oxygens (including phenoxy) is 1. The summed E-state index contributed by atoms with van der Waals surface area (Å²) < 4.78 is 11.5. The van der Waals surface area contributed by atoms with Gasteiger partial charge in [-0.15, -0.1) is 0 Å². The number of rotatable bonds is 4. The molecule has 3 aromatic rings. The van der Waals surface area contributed by atoms with Gasteiger partial charge in [0.1, 0.15) is 16.8 Å². The fraction of sp³-hybridized carbons (Fsp3) is 0.312. The molecular formula is C16H17N3O3S. The lowest BCUT2D eigenvalue weighted by Gasteiger charge is -2.04. The van der Waals surface area contributed by atoms with Crippen molar-refractivity contribution in [2.24, 2.45) is 0 Å². The van der Waals surface area contributed by atoms with Crippen molar-refractivity contribution in [3.8, 4) is 5.75 Å². The van der Waals surface area contributed by atoms with Crippen LogP contribution in [0.3, 0.4) is 0 Å². The summed E-state index contributed by atoms with van der Waals surface area (Å²) in [6.07, 6.45) is 0. The van der Waals surface area contributed by atoms with E-state index in [2.05, 4.69) is 15.5 Å². The van der Waals surface area contributed by atoms with Crippen LogP contribution in [0.15, 0.2) is 22.7 Å². The maximum absolute atomic E-state index is 12.6. The normalized spacial score (nSPS) is 11.2. The maximum Gasteiger partial charge on any atom is 0.262 e. The lowest BCUT2D eigenvalue weighted by Crippen LogP contribution is -2.14. The molecule has 120 valence electrons. The topological polar surface area (TPSA) is 77.2 Å². The maximum atomic E-state index is 12.6. The SMILES string of the molecule is COc1cccc2sc(NC(=O)c3c(C)noc3C(C)C)nc12. The van der Waals surface area contributed by atoms with Gasteiger partial charge in [-0.25, -0.2) is 4.98 Å². The Hall–Kier alpha value is -2.41. The highest BCUT2D eigenvalue weighted by molar-refractivity contribution is 7.22. The number of fused-ring (bicyclic) bond motifs is 1. The number of aryl methyl sites for hydroxylation is 1. The zero-order chi connectivity index (χ0) is 16.6. The predicted octanol–water partition coefficient (Wildman–Crippen LogP) is 3.98. The number of benzene rings is 1. The molecule has 0 aliphatic carbocycles. The quantitative estimate of drug-likeness (QED) is 0.782. The number of nitrogens with zero attached hydrogens (tertiary/aromatic N) is 2. The van der Waals surface area contributed by atoms with Gasteiger partial charge in [-0.05, 0) is 19.1 Å². The van der Waals surface area contributed by atoms with Gasteiger partial charge in [-0.3, -0.25) is 10.1 Å². The highest BCUT2D eigenvalue weighted by Gasteiger charge is 2.23. The molecule has 1 N–H and O–H groups in total. The molecule has 0 radical (unpaired) electrons. The van der Waals surface area contributed by atoms with Crippen molar-refractivity contribution < 1.29 is 14.1 Å². The summed E-state index contributed by atoms with van der Waals surface area (Å²) in [5.41, 5.74) is 1.79. The summed E-state index contributed by atoms with van der Waals surface area (Å²) in [5.74, 6) is 1.08. The number of carbonyl (C=O) groups is 1. The lowest BCUT2D eigenvalue weighted by molar-refractivity contribution is 0.102. The molecular weight excluding hydrogens is 314 g/mol. The van der Waals surface area contributed by atoms with Crippen LogP contribution < -0.4 is 10.1 Å². The molecule has 1 amide bonds. The number of hydrogen-bond donors (Lipinski definition) is 1. The van der Waals surface area contributed by atoms with Gasteiger partial charge in [0.15, 0.2) is 10.9 Å². The first-order valence-electron chi connectivity index (χ1n) is 7.22. The van der Waals surface area contributed by atoms with Gasteiger partial charge in [0, 0.05) is 5.92 Å². The van der Waals surface area contributed by atoms with E-state index in [4.69, 9.17) is 9.26 Å². The Morgan fingerprint density at radius 1 is 1.39 bits per heavy atom. The molecule has 0 aliphatic heterocycles. The Morgan fingerprint density at radius 2 is 2.17 bits per heavy atom. The fourth-order valence-corrected chi connectivity index (χ4v) is 3.24. The number of anilines is 1. The van der Waals surface area contributed by atoms with E-state index < -0.39 is 0 Å². The minimum atomic E-state index is -0.259. The fourth-order valence-electron chi connectivity index (χ4n) is 2.36. The van der Waals surface area contributed by atoms with Crippen LogP contribution in [0.25, 0.3) is 10.2 Å². The van der Waals surface area contributed by atoms with Gasteiger partial charge in [0.25, 0.3) is 5.91 Å². The van der Waals surface area contributed by atoms with Crippen molar-refractivity contribution in [1.29, 1.82) is 0 Å². The average molecular weight is 331 g/mol. The van der Waals surface area contributed by atoms with E-state index in [1.807, 2.05) is 32.0 Å². The van der Waals surface area contributed by atoms with Crippen molar-refractivity contribution in [2.75, 3.05) is 12.4 Å². The van der Waals surface area contributed by atoms with Crippen molar-refractivity contribution in [3.05, 3.63) is 35.2 Å². The Morgan fingerprint density at radius 3 is 2.87 bits per heavy atom. The number of thiazole rings is 1. The van der Waals surface area contributed by atoms with Crippen LogP contribution in [-0.4, -0.2) is 23.2 Å². The molecule has 7 heteroatoms. The van der Waals surface area contributed by atoms with E-state index in [1.54, 1.807) is 14.0 Å². The Bertz CT molecular complexity index is 867. The summed E-state index contributed by atoms with van der Waals surface area (Å²) in [6, 6.07) is 5.68. The largest absolute Gasteiger partial charge is 0.494 e. The Kier molecular flexibility index (Phi) is 4.04. The number of nitrogens with one attached hydrogen (secondary N) is 1. The first-order valence-corrected chi connectivity index (χ1v) is 8.04. The van der Waals surface area contributed by atoms with Crippen LogP contribution in [0.1, 0.15) is 41.6 Å². The second kappa shape index (κ2) is 6.00. The molecule has 0 bridgehead atoms. The molecule has 0 saturated heterocycles. The monoisotopic (exact) mass is 331 g/mol. The first-order chi connectivity index (χ1) is 11.0. The van der Waals surface area contributed by atoms with Gasteiger partial charge < -0.3 is 9.26 Å². The first kappa shape index (κ1) is 15.5. The van der Waals surface area contributed by atoms with E-state index in [0.717, 1.165) is 10.2 Å². The highest BCUT2D eigenvalue weighted by atomic mass is 32.1. The lowest BCUT2D eigenvalue weighted by atomic mass is 10.0. The molecule has 1 aromatic carbocycles. The summed E-state index contributed by atoms with van der Waals surface area (Å²) in [6.45, 7) is 5.67. The molecule has 0 unspecified atom stereocenters. The van der Waals surface area contributed by atoms with E-state index >= 15 is 0 Å². The second-order valence-corrected chi connectivity index (χ2v) is 6.47. The zero-order valence-electron chi connectivity index (χ0n) is 13.3. The van der Waals surface area contributed by atoms with E-state index in [0.29, 0.717) is 27.9 Å². The molecule has 0 atom stereocenters. The van der Waals surface area contributed by atoms with E-state index in [-0.39, 0.29) is 11.8 Å². The average Bonchev–Trinajstić information content (AvgIpc) is 3.09. The Balaban J connectivity index is 1.93. The molecule has 0 spiro atoms. The van der Waals surface area contributed by atoms with Crippen LogP contribution in [0.4, 0.5) is 5.13 Å². The Labute approximate surface area is 137 Å². The number of amides is 1. The van der Waals surface area contributed by atoms with Crippen LogP contribution >= 0.6 is 11.3 Å². The van der Waals surface area contributed by atoms with Crippen molar-refractivity contribution in [3.63, 3.8) is 0 Å². The van der Waals surface area contributed by atoms with E-state index in [9.17, 15) is 4.79 Å².